The molecule has 0 unspecified atom stereocenters. The molecule has 0 N–H and O–H groups in total. The number of likely N-dealkylation sites (N-methyl/N-ethyl adjacent to an activating group) is 1. The highest BCUT2D eigenvalue weighted by molar-refractivity contribution is 7.98. The summed E-state index contributed by atoms with van der Waals surface area (Å²) in [6, 6.07) is 7.93. The third-order valence-corrected chi connectivity index (χ3v) is 3.89. The fourth-order valence-corrected chi connectivity index (χ4v) is 1.86. The zero-order valence-corrected chi connectivity index (χ0v) is 12.5. The molecule has 98 valence electrons. The van der Waals surface area contributed by atoms with Crippen molar-refractivity contribution in [2.45, 2.75) is 24.3 Å². The van der Waals surface area contributed by atoms with Crippen LogP contribution in [0.3, 0.4) is 0 Å². The largest absolute Gasteiger partial charge is 0.490 e. The van der Waals surface area contributed by atoms with Crippen LogP contribution >= 0.6 is 11.8 Å². The number of nitriles is 1. The Hall–Kier alpha value is -1.18. The average Bonchev–Trinajstić information content (AvgIpc) is 2.35. The maximum atomic E-state index is 9.22. The number of thioether (sulfide) groups is 1. The summed E-state index contributed by atoms with van der Waals surface area (Å²) in [5.41, 5.74) is 0.557. The molecule has 0 aliphatic heterocycles. The van der Waals surface area contributed by atoms with Crippen LogP contribution in [-0.2, 0) is 0 Å². The van der Waals surface area contributed by atoms with Gasteiger partial charge < -0.3 is 9.64 Å². The summed E-state index contributed by atoms with van der Waals surface area (Å²) in [4.78, 5) is 3.06. The maximum absolute atomic E-state index is 9.22. The van der Waals surface area contributed by atoms with E-state index >= 15 is 0 Å². The van der Waals surface area contributed by atoms with Crippen LogP contribution in [0.15, 0.2) is 23.1 Å². The second-order valence-corrected chi connectivity index (χ2v) is 5.79. The molecule has 0 aliphatic rings. The van der Waals surface area contributed by atoms with Crippen molar-refractivity contribution in [3.8, 4) is 11.8 Å². The highest BCUT2D eigenvalue weighted by Crippen LogP contribution is 2.28. The van der Waals surface area contributed by atoms with E-state index in [9.17, 15) is 5.26 Å². The van der Waals surface area contributed by atoms with E-state index in [1.165, 1.54) is 0 Å². The number of ether oxygens (including phenoxy) is 1. The first-order valence-electron chi connectivity index (χ1n) is 5.79. The Labute approximate surface area is 114 Å². The summed E-state index contributed by atoms with van der Waals surface area (Å²) in [7, 11) is 4.04. The van der Waals surface area contributed by atoms with Crippen molar-refractivity contribution in [1.82, 2.24) is 4.90 Å². The molecule has 0 heterocycles. The van der Waals surface area contributed by atoms with E-state index in [1.807, 2.05) is 38.6 Å². The van der Waals surface area contributed by atoms with Crippen LogP contribution in [0.4, 0.5) is 0 Å². The summed E-state index contributed by atoms with van der Waals surface area (Å²) in [5, 5.41) is 9.22. The lowest BCUT2D eigenvalue weighted by Crippen LogP contribution is -2.43. The molecule has 1 aromatic carbocycles. The number of hydrogen-bond acceptors (Lipinski definition) is 4. The molecular formula is C14H20N2OS. The molecular weight excluding hydrogens is 244 g/mol. The molecule has 1 rings (SSSR count). The SMILES string of the molecule is CSc1cccc(OCC(C)(C)N(C)C)c1C#N. The van der Waals surface area contributed by atoms with Gasteiger partial charge in [0, 0.05) is 10.4 Å². The first kappa shape index (κ1) is 14.9. The average molecular weight is 264 g/mol. The van der Waals surface area contributed by atoms with Crippen molar-refractivity contribution >= 4 is 11.8 Å². The molecule has 0 atom stereocenters. The lowest BCUT2D eigenvalue weighted by molar-refractivity contribution is 0.113. The zero-order valence-electron chi connectivity index (χ0n) is 11.7. The van der Waals surface area contributed by atoms with Crippen LogP contribution in [-0.4, -0.2) is 37.4 Å². The molecule has 3 nitrogen and oxygen atoms in total. The monoisotopic (exact) mass is 264 g/mol. The van der Waals surface area contributed by atoms with Crippen molar-refractivity contribution in [2.75, 3.05) is 27.0 Å². The normalized spacial score (nSPS) is 11.4. The molecule has 4 heteroatoms. The molecule has 18 heavy (non-hydrogen) atoms. The summed E-state index contributed by atoms with van der Waals surface area (Å²) in [6.45, 7) is 4.77. The molecule has 0 saturated heterocycles. The Bertz CT molecular complexity index is 450. The predicted molar refractivity (Wildman–Crippen MR) is 76.2 cm³/mol. The van der Waals surface area contributed by atoms with Crippen LogP contribution in [0.1, 0.15) is 19.4 Å². The van der Waals surface area contributed by atoms with Gasteiger partial charge in [-0.1, -0.05) is 6.07 Å². The minimum absolute atomic E-state index is 0.0674. The van der Waals surface area contributed by atoms with E-state index in [0.29, 0.717) is 17.9 Å². The van der Waals surface area contributed by atoms with E-state index in [1.54, 1.807) is 11.8 Å². The Morgan fingerprint density at radius 3 is 2.56 bits per heavy atom. The Morgan fingerprint density at radius 2 is 2.06 bits per heavy atom. The highest BCUT2D eigenvalue weighted by atomic mass is 32.2. The Morgan fingerprint density at radius 1 is 1.39 bits per heavy atom. The van der Waals surface area contributed by atoms with Gasteiger partial charge in [-0.25, -0.2) is 0 Å². The van der Waals surface area contributed by atoms with Crippen LogP contribution in [0, 0.1) is 11.3 Å². The van der Waals surface area contributed by atoms with Crippen molar-refractivity contribution < 1.29 is 4.74 Å². The first-order valence-corrected chi connectivity index (χ1v) is 7.02. The van der Waals surface area contributed by atoms with Crippen LogP contribution in [0.25, 0.3) is 0 Å². The van der Waals surface area contributed by atoms with Gasteiger partial charge in [-0.15, -0.1) is 11.8 Å². The van der Waals surface area contributed by atoms with Gasteiger partial charge in [0.15, 0.2) is 0 Å². The minimum Gasteiger partial charge on any atom is -0.490 e. The fourth-order valence-electron chi connectivity index (χ4n) is 1.30. The van der Waals surface area contributed by atoms with E-state index in [-0.39, 0.29) is 5.54 Å². The first-order chi connectivity index (χ1) is 8.42. The lowest BCUT2D eigenvalue weighted by atomic mass is 10.1. The standard InChI is InChI=1S/C14H20N2OS/c1-14(2,16(3)4)10-17-12-7-6-8-13(18-5)11(12)9-15/h6-8H,10H2,1-5H3. The number of rotatable bonds is 5. The van der Waals surface area contributed by atoms with Crippen LogP contribution < -0.4 is 4.74 Å². The van der Waals surface area contributed by atoms with Crippen molar-refractivity contribution in [2.24, 2.45) is 0 Å². The maximum Gasteiger partial charge on any atom is 0.138 e. The fraction of sp³-hybridized carbons (Fsp3) is 0.500. The topological polar surface area (TPSA) is 36.3 Å². The van der Waals surface area contributed by atoms with Gasteiger partial charge in [-0.05, 0) is 46.3 Å². The van der Waals surface area contributed by atoms with E-state index in [0.717, 1.165) is 4.90 Å². The van der Waals surface area contributed by atoms with Gasteiger partial charge in [-0.2, -0.15) is 5.26 Å². The molecule has 1 aromatic rings. The third kappa shape index (κ3) is 3.41. The third-order valence-electron chi connectivity index (χ3n) is 3.11. The van der Waals surface area contributed by atoms with Crippen molar-refractivity contribution in [3.05, 3.63) is 23.8 Å². The van der Waals surface area contributed by atoms with Gasteiger partial charge in [-0.3, -0.25) is 0 Å². The van der Waals surface area contributed by atoms with E-state index in [4.69, 9.17) is 4.74 Å². The number of benzene rings is 1. The molecule has 0 radical (unpaired) electrons. The van der Waals surface area contributed by atoms with E-state index < -0.39 is 0 Å². The smallest absolute Gasteiger partial charge is 0.138 e. The van der Waals surface area contributed by atoms with Gasteiger partial charge in [0.25, 0.3) is 0 Å². The summed E-state index contributed by atoms with van der Waals surface area (Å²) >= 11 is 1.56. The molecule has 0 spiro atoms. The Kier molecular flexibility index (Phi) is 5.06. The van der Waals surface area contributed by atoms with Crippen molar-refractivity contribution in [1.29, 1.82) is 5.26 Å². The molecule has 0 aliphatic carbocycles. The number of nitrogens with zero attached hydrogens (tertiary/aromatic N) is 2. The van der Waals surface area contributed by atoms with Gasteiger partial charge in [0.1, 0.15) is 24.0 Å². The van der Waals surface area contributed by atoms with Crippen LogP contribution in [0.5, 0.6) is 5.75 Å². The minimum atomic E-state index is -0.0674. The molecule has 0 bridgehead atoms. The van der Waals surface area contributed by atoms with Gasteiger partial charge in [0.05, 0.1) is 0 Å². The molecule has 0 amide bonds. The summed E-state index contributed by atoms with van der Waals surface area (Å²) < 4.78 is 5.82. The van der Waals surface area contributed by atoms with Crippen molar-refractivity contribution in [3.63, 3.8) is 0 Å². The summed E-state index contributed by atoms with van der Waals surface area (Å²) in [5.74, 6) is 0.666. The molecule has 0 fully saturated rings. The van der Waals surface area contributed by atoms with E-state index in [2.05, 4.69) is 24.8 Å². The quantitative estimate of drug-likeness (QED) is 0.766. The number of hydrogen-bond donors (Lipinski definition) is 0. The highest BCUT2D eigenvalue weighted by Gasteiger charge is 2.22. The summed E-state index contributed by atoms with van der Waals surface area (Å²) in [6.07, 6.45) is 1.96. The zero-order chi connectivity index (χ0) is 13.8. The second-order valence-electron chi connectivity index (χ2n) is 4.94. The van der Waals surface area contributed by atoms with Gasteiger partial charge in [0.2, 0.25) is 0 Å². The predicted octanol–water partition coefficient (Wildman–Crippen LogP) is 3.00. The van der Waals surface area contributed by atoms with Gasteiger partial charge >= 0.3 is 0 Å². The molecule has 0 aromatic heterocycles. The lowest BCUT2D eigenvalue weighted by Gasteiger charge is -2.32. The molecule has 0 saturated carbocycles. The second kappa shape index (κ2) is 6.12. The van der Waals surface area contributed by atoms with Crippen LogP contribution in [0.2, 0.25) is 0 Å². The Balaban J connectivity index is 2.90.